The Hall–Kier alpha value is -2.71. The van der Waals surface area contributed by atoms with E-state index in [1.807, 2.05) is 4.90 Å². The molecule has 1 N–H and O–H groups in total. The molecule has 0 saturated carbocycles. The van der Waals surface area contributed by atoms with E-state index >= 15 is 0 Å². The van der Waals surface area contributed by atoms with Crippen molar-refractivity contribution in [3.05, 3.63) is 59.7 Å². The molecule has 2 fully saturated rings. The van der Waals surface area contributed by atoms with Gasteiger partial charge in [-0.3, -0.25) is 9.59 Å². The number of likely N-dealkylation sites (tertiary alicyclic amines) is 1. The summed E-state index contributed by atoms with van der Waals surface area (Å²) < 4.78 is 27.0. The van der Waals surface area contributed by atoms with E-state index in [1.165, 1.54) is 16.4 Å². The van der Waals surface area contributed by atoms with Gasteiger partial charge < -0.3 is 10.2 Å². The number of benzene rings is 2. The van der Waals surface area contributed by atoms with Crippen LogP contribution in [0.25, 0.3) is 0 Å². The highest BCUT2D eigenvalue weighted by molar-refractivity contribution is 7.89. The summed E-state index contributed by atoms with van der Waals surface area (Å²) in [5.41, 5.74) is 1.29. The molecule has 31 heavy (non-hydrogen) atoms. The molecule has 0 unspecified atom stereocenters. The minimum Gasteiger partial charge on any atom is -0.339 e. The highest BCUT2D eigenvalue weighted by Gasteiger charge is 2.27. The summed E-state index contributed by atoms with van der Waals surface area (Å²) in [6, 6.07) is 13.0. The van der Waals surface area contributed by atoms with E-state index < -0.39 is 15.9 Å². The Morgan fingerprint density at radius 2 is 1.42 bits per heavy atom. The standard InChI is InChI=1S/C23H27N3O4S/c27-22(18-8-7-11-21(17-18)31(29,30)26-14-4-5-15-26)24-20-10-6-9-19(16-20)23(28)25-12-2-1-3-13-25/h6-11,16-17H,1-5,12-15H2,(H,24,27). The van der Waals surface area contributed by atoms with Crippen LogP contribution in [0.5, 0.6) is 0 Å². The smallest absolute Gasteiger partial charge is 0.255 e. The molecule has 2 heterocycles. The molecule has 2 amide bonds. The highest BCUT2D eigenvalue weighted by Crippen LogP contribution is 2.22. The third-order valence-corrected chi connectivity index (χ3v) is 7.70. The van der Waals surface area contributed by atoms with Crippen LogP contribution < -0.4 is 5.32 Å². The number of nitrogens with zero attached hydrogens (tertiary/aromatic N) is 2. The van der Waals surface area contributed by atoms with Gasteiger partial charge in [-0.05, 0) is 68.5 Å². The molecule has 8 heteroatoms. The van der Waals surface area contributed by atoms with Crippen molar-refractivity contribution in [2.45, 2.75) is 37.0 Å². The third kappa shape index (κ3) is 4.80. The third-order valence-electron chi connectivity index (χ3n) is 5.81. The summed E-state index contributed by atoms with van der Waals surface area (Å²) >= 11 is 0. The summed E-state index contributed by atoms with van der Waals surface area (Å²) in [5, 5.41) is 2.79. The van der Waals surface area contributed by atoms with Crippen molar-refractivity contribution in [3.8, 4) is 0 Å². The van der Waals surface area contributed by atoms with E-state index in [2.05, 4.69) is 5.32 Å². The monoisotopic (exact) mass is 441 g/mol. The quantitative estimate of drug-likeness (QED) is 0.771. The Balaban J connectivity index is 1.49. The molecular weight excluding hydrogens is 414 g/mol. The van der Waals surface area contributed by atoms with Crippen LogP contribution in [0.4, 0.5) is 5.69 Å². The molecule has 2 aliphatic heterocycles. The summed E-state index contributed by atoms with van der Waals surface area (Å²) in [7, 11) is -3.59. The van der Waals surface area contributed by atoms with Crippen molar-refractivity contribution in [3.63, 3.8) is 0 Å². The van der Waals surface area contributed by atoms with Crippen LogP contribution in [-0.4, -0.2) is 55.6 Å². The molecule has 4 rings (SSSR count). The van der Waals surface area contributed by atoms with Crippen LogP contribution in [0.15, 0.2) is 53.4 Å². The van der Waals surface area contributed by atoms with Crippen LogP contribution >= 0.6 is 0 Å². The van der Waals surface area contributed by atoms with Gasteiger partial charge in [-0.15, -0.1) is 0 Å². The van der Waals surface area contributed by atoms with Gasteiger partial charge in [0.15, 0.2) is 0 Å². The van der Waals surface area contributed by atoms with Gasteiger partial charge in [0.25, 0.3) is 11.8 Å². The Morgan fingerprint density at radius 3 is 2.16 bits per heavy atom. The zero-order valence-corrected chi connectivity index (χ0v) is 18.2. The van der Waals surface area contributed by atoms with Crippen molar-refractivity contribution in [2.24, 2.45) is 0 Å². The maximum atomic E-state index is 12.8. The average molecular weight is 442 g/mol. The first-order valence-corrected chi connectivity index (χ1v) is 12.2. The number of hydrogen-bond donors (Lipinski definition) is 1. The molecule has 0 bridgehead atoms. The van der Waals surface area contributed by atoms with E-state index in [0.29, 0.717) is 24.3 Å². The first-order chi connectivity index (χ1) is 14.9. The molecule has 0 spiro atoms. The Labute approximate surface area is 183 Å². The van der Waals surface area contributed by atoms with E-state index in [4.69, 9.17) is 0 Å². The van der Waals surface area contributed by atoms with E-state index in [-0.39, 0.29) is 16.4 Å². The lowest BCUT2D eigenvalue weighted by molar-refractivity contribution is 0.0724. The van der Waals surface area contributed by atoms with Gasteiger partial charge in [-0.1, -0.05) is 12.1 Å². The normalized spacial score (nSPS) is 17.5. The summed E-state index contributed by atoms with van der Waals surface area (Å²) in [6.45, 7) is 2.54. The average Bonchev–Trinajstić information content (AvgIpc) is 3.35. The fourth-order valence-electron chi connectivity index (χ4n) is 4.09. The van der Waals surface area contributed by atoms with Crippen molar-refractivity contribution in [2.75, 3.05) is 31.5 Å². The molecular formula is C23H27N3O4S. The molecule has 0 radical (unpaired) electrons. The van der Waals surface area contributed by atoms with Gasteiger partial charge in [-0.25, -0.2) is 8.42 Å². The van der Waals surface area contributed by atoms with E-state index in [9.17, 15) is 18.0 Å². The van der Waals surface area contributed by atoms with Gasteiger partial charge >= 0.3 is 0 Å². The molecule has 2 aromatic carbocycles. The minimum atomic E-state index is -3.59. The lowest BCUT2D eigenvalue weighted by Gasteiger charge is -2.26. The van der Waals surface area contributed by atoms with Crippen molar-refractivity contribution < 1.29 is 18.0 Å². The van der Waals surface area contributed by atoms with Gasteiger partial charge in [0, 0.05) is 43.0 Å². The molecule has 0 aliphatic carbocycles. The number of amides is 2. The zero-order chi connectivity index (χ0) is 21.8. The van der Waals surface area contributed by atoms with Crippen LogP contribution in [0.2, 0.25) is 0 Å². The Morgan fingerprint density at radius 1 is 0.774 bits per heavy atom. The summed E-state index contributed by atoms with van der Waals surface area (Å²) in [5.74, 6) is -0.449. The van der Waals surface area contributed by atoms with Gasteiger partial charge in [0.2, 0.25) is 10.0 Å². The van der Waals surface area contributed by atoms with Gasteiger partial charge in [0.05, 0.1) is 4.90 Å². The second-order valence-corrected chi connectivity index (χ2v) is 9.96. The van der Waals surface area contributed by atoms with Crippen LogP contribution in [-0.2, 0) is 10.0 Å². The number of hydrogen-bond acceptors (Lipinski definition) is 4. The lowest BCUT2D eigenvalue weighted by atomic mass is 10.1. The molecule has 2 saturated heterocycles. The van der Waals surface area contributed by atoms with Crippen molar-refractivity contribution >= 4 is 27.5 Å². The fourth-order valence-corrected chi connectivity index (χ4v) is 5.65. The van der Waals surface area contributed by atoms with Crippen LogP contribution in [0.3, 0.4) is 0 Å². The fraction of sp³-hybridized carbons (Fsp3) is 0.391. The largest absolute Gasteiger partial charge is 0.339 e. The molecule has 164 valence electrons. The van der Waals surface area contributed by atoms with Gasteiger partial charge in [0.1, 0.15) is 0 Å². The Kier molecular flexibility index (Phi) is 6.38. The first-order valence-electron chi connectivity index (χ1n) is 10.8. The van der Waals surface area contributed by atoms with Gasteiger partial charge in [-0.2, -0.15) is 4.31 Å². The maximum Gasteiger partial charge on any atom is 0.255 e. The van der Waals surface area contributed by atoms with Crippen LogP contribution in [0, 0.1) is 0 Å². The van der Waals surface area contributed by atoms with Crippen molar-refractivity contribution in [1.82, 2.24) is 9.21 Å². The predicted octanol–water partition coefficient (Wildman–Crippen LogP) is 3.35. The molecule has 0 aromatic heterocycles. The first kappa shape index (κ1) is 21.5. The zero-order valence-electron chi connectivity index (χ0n) is 17.4. The summed E-state index contributed by atoms with van der Waals surface area (Å²) in [6.07, 6.45) is 4.88. The number of sulfonamides is 1. The molecule has 2 aromatic rings. The number of nitrogens with one attached hydrogen (secondary N) is 1. The second-order valence-electron chi connectivity index (χ2n) is 8.03. The van der Waals surface area contributed by atoms with E-state index in [1.54, 1.807) is 36.4 Å². The molecule has 7 nitrogen and oxygen atoms in total. The lowest BCUT2D eigenvalue weighted by Crippen LogP contribution is -2.35. The SMILES string of the molecule is O=C(Nc1cccc(C(=O)N2CCCCC2)c1)c1cccc(S(=O)(=O)N2CCCC2)c1. The van der Waals surface area contributed by atoms with E-state index in [0.717, 1.165) is 45.2 Å². The number of carbonyl (C=O) groups excluding carboxylic acids is 2. The number of anilines is 1. The number of piperidine rings is 1. The van der Waals surface area contributed by atoms with Crippen LogP contribution in [0.1, 0.15) is 52.8 Å². The molecule has 2 aliphatic rings. The second kappa shape index (κ2) is 9.20. The minimum absolute atomic E-state index is 0.0329. The predicted molar refractivity (Wildman–Crippen MR) is 119 cm³/mol. The number of carbonyl (C=O) groups is 2. The van der Waals surface area contributed by atoms with Crippen molar-refractivity contribution in [1.29, 1.82) is 0 Å². The summed E-state index contributed by atoms with van der Waals surface area (Å²) in [4.78, 5) is 27.5. The number of rotatable bonds is 5. The topological polar surface area (TPSA) is 86.8 Å². The highest BCUT2D eigenvalue weighted by atomic mass is 32.2. The Bertz CT molecular complexity index is 1070. The molecule has 0 atom stereocenters. The maximum absolute atomic E-state index is 12.8.